The summed E-state index contributed by atoms with van der Waals surface area (Å²) in [6, 6.07) is 8.09. The Labute approximate surface area is 156 Å². The Hall–Kier alpha value is 1.32. The third-order valence-electron chi connectivity index (χ3n) is 2.33. The second-order valence-corrected chi connectivity index (χ2v) is 8.39. The third kappa shape index (κ3) is 2.98. The normalized spacial score (nSPS) is 10.8. The Morgan fingerprint density at radius 2 is 1.17 bits per heavy atom. The van der Waals surface area contributed by atoms with Gasteiger partial charge in [-0.3, -0.25) is 0 Å². The van der Waals surface area contributed by atoms with Gasteiger partial charge in [-0.2, -0.15) is 0 Å². The molecule has 0 spiro atoms. The van der Waals surface area contributed by atoms with Gasteiger partial charge in [0.1, 0.15) is 0 Å². The van der Waals surface area contributed by atoms with Gasteiger partial charge in [0.05, 0.1) is 0 Å². The number of benzene rings is 2. The zero-order valence-corrected chi connectivity index (χ0v) is 18.1. The molecule has 0 saturated heterocycles. The lowest BCUT2D eigenvalue weighted by molar-refractivity contribution is 1.46. The first kappa shape index (κ1) is 15.7. The minimum Gasteiger partial charge on any atom is -0.0604 e. The van der Waals surface area contributed by atoms with Gasteiger partial charge in [0.25, 0.3) is 0 Å². The molecule has 0 radical (unpaired) electrons. The fraction of sp³-hybridized carbons (Fsp3) is 0. The fourth-order valence-electron chi connectivity index (χ4n) is 1.51. The monoisotopic (exact) mass is 622 g/mol. The van der Waals surface area contributed by atoms with E-state index in [1.807, 2.05) is 18.2 Å². The number of hydrogen-bond donors (Lipinski definition) is 0. The van der Waals surface area contributed by atoms with Crippen LogP contribution in [0.4, 0.5) is 0 Å². The van der Waals surface area contributed by atoms with E-state index < -0.39 is 0 Å². The van der Waals surface area contributed by atoms with Crippen molar-refractivity contribution < 1.29 is 0 Å². The molecule has 0 unspecified atom stereocenters. The van der Waals surface area contributed by atoms with Crippen LogP contribution < -0.4 is 0 Å². The first-order valence-corrected chi connectivity index (χ1v) is 9.46. The van der Waals surface area contributed by atoms with Gasteiger partial charge in [-0.25, -0.2) is 0 Å². The van der Waals surface area contributed by atoms with Crippen LogP contribution in [0.25, 0.3) is 11.1 Å². The maximum absolute atomic E-state index is 3.63. The van der Waals surface area contributed by atoms with Crippen LogP contribution in [0, 0.1) is 0 Å². The molecule has 2 aromatic rings. The summed E-state index contributed by atoms with van der Waals surface area (Å²) in [6.45, 7) is 0. The standard InChI is InChI=1S/C12H4Br6/c13-6-3-1-2-5(10(6)16)9-11(17)7(14)4-8(15)12(9)18/h1-4H. The number of hydrogen-bond acceptors (Lipinski definition) is 0. The van der Waals surface area contributed by atoms with Crippen LogP contribution >= 0.6 is 95.6 Å². The number of rotatable bonds is 1. The second kappa shape index (κ2) is 6.39. The molecule has 0 N–H and O–H groups in total. The summed E-state index contributed by atoms with van der Waals surface area (Å²) in [5, 5.41) is 0. The summed E-state index contributed by atoms with van der Waals surface area (Å²) in [5.74, 6) is 0. The lowest BCUT2D eigenvalue weighted by atomic mass is 10.1. The van der Waals surface area contributed by atoms with E-state index in [0.717, 1.165) is 38.0 Å². The molecule has 0 heterocycles. The molecular weight excluding hydrogens is 624 g/mol. The molecule has 0 nitrogen and oxygen atoms in total. The van der Waals surface area contributed by atoms with Gasteiger partial charge < -0.3 is 0 Å². The van der Waals surface area contributed by atoms with E-state index in [4.69, 9.17) is 0 Å². The molecule has 0 saturated carbocycles. The van der Waals surface area contributed by atoms with Gasteiger partial charge in [-0.15, -0.1) is 0 Å². The molecule has 0 aliphatic carbocycles. The van der Waals surface area contributed by atoms with Gasteiger partial charge in [-0.05, 0) is 113 Å². The van der Waals surface area contributed by atoms with Crippen molar-refractivity contribution in [2.75, 3.05) is 0 Å². The predicted molar refractivity (Wildman–Crippen MR) is 98.1 cm³/mol. The van der Waals surface area contributed by atoms with Gasteiger partial charge in [0.15, 0.2) is 0 Å². The van der Waals surface area contributed by atoms with Crippen molar-refractivity contribution in [3.05, 3.63) is 51.1 Å². The molecule has 0 aromatic heterocycles. The Kier molecular flexibility index (Phi) is 5.58. The lowest BCUT2D eigenvalue weighted by Crippen LogP contribution is -1.87. The van der Waals surface area contributed by atoms with Crippen molar-refractivity contribution in [3.63, 3.8) is 0 Å². The highest BCUT2D eigenvalue weighted by atomic mass is 79.9. The first-order chi connectivity index (χ1) is 8.43. The largest absolute Gasteiger partial charge is 0.0604 e. The lowest BCUT2D eigenvalue weighted by Gasteiger charge is -2.13. The summed E-state index contributed by atoms with van der Waals surface area (Å²) in [7, 11) is 0. The molecule has 0 aliphatic rings. The Morgan fingerprint density at radius 3 is 1.72 bits per heavy atom. The van der Waals surface area contributed by atoms with Gasteiger partial charge in [-0.1, -0.05) is 12.1 Å². The molecule has 0 fully saturated rings. The summed E-state index contributed by atoms with van der Waals surface area (Å²) in [6.07, 6.45) is 0. The van der Waals surface area contributed by atoms with E-state index in [1.54, 1.807) is 0 Å². The highest BCUT2D eigenvalue weighted by Crippen LogP contribution is 2.46. The van der Waals surface area contributed by atoms with E-state index in [1.165, 1.54) is 0 Å². The molecule has 18 heavy (non-hydrogen) atoms. The molecule has 2 rings (SSSR count). The molecule has 0 amide bonds. The number of halogens is 6. The van der Waals surface area contributed by atoms with Gasteiger partial charge in [0.2, 0.25) is 0 Å². The zero-order chi connectivity index (χ0) is 13.4. The summed E-state index contributed by atoms with van der Waals surface area (Å²) in [5.41, 5.74) is 2.19. The van der Waals surface area contributed by atoms with Crippen molar-refractivity contribution in [1.82, 2.24) is 0 Å². The van der Waals surface area contributed by atoms with Crippen LogP contribution in [0.2, 0.25) is 0 Å². The zero-order valence-electron chi connectivity index (χ0n) is 8.58. The topological polar surface area (TPSA) is 0 Å². The Morgan fingerprint density at radius 1 is 0.611 bits per heavy atom. The molecule has 0 atom stereocenters. The summed E-state index contributed by atoms with van der Waals surface area (Å²) < 4.78 is 6.07. The first-order valence-electron chi connectivity index (χ1n) is 4.71. The Balaban J connectivity index is 2.83. The van der Waals surface area contributed by atoms with Crippen molar-refractivity contribution >= 4 is 95.6 Å². The van der Waals surface area contributed by atoms with Gasteiger partial charge in [0, 0.05) is 32.4 Å². The van der Waals surface area contributed by atoms with E-state index in [0.29, 0.717) is 0 Å². The van der Waals surface area contributed by atoms with Crippen molar-refractivity contribution in [1.29, 1.82) is 0 Å². The van der Waals surface area contributed by atoms with Gasteiger partial charge >= 0.3 is 0 Å². The third-order valence-corrected chi connectivity index (χ3v) is 8.34. The summed E-state index contributed by atoms with van der Waals surface area (Å²) in [4.78, 5) is 0. The molecule has 0 aliphatic heterocycles. The Bertz CT molecular complexity index is 594. The van der Waals surface area contributed by atoms with Crippen LogP contribution in [-0.2, 0) is 0 Å². The molecule has 0 bridgehead atoms. The summed E-state index contributed by atoms with van der Waals surface area (Å²) >= 11 is 21.5. The van der Waals surface area contributed by atoms with E-state index in [2.05, 4.69) is 102 Å². The van der Waals surface area contributed by atoms with Crippen molar-refractivity contribution in [3.8, 4) is 11.1 Å². The SMILES string of the molecule is Brc1cccc(-c2c(Br)c(Br)cc(Br)c2Br)c1Br. The highest BCUT2D eigenvalue weighted by Gasteiger charge is 2.17. The molecule has 2 aromatic carbocycles. The quantitative estimate of drug-likeness (QED) is 0.282. The van der Waals surface area contributed by atoms with E-state index in [-0.39, 0.29) is 0 Å². The molecular formula is C12H4Br6. The predicted octanol–water partition coefficient (Wildman–Crippen LogP) is 7.93. The smallest absolute Gasteiger partial charge is 0.0408 e. The van der Waals surface area contributed by atoms with Crippen LogP contribution in [0.5, 0.6) is 0 Å². The average molecular weight is 628 g/mol. The highest BCUT2D eigenvalue weighted by molar-refractivity contribution is 9.14. The molecule has 94 valence electrons. The minimum atomic E-state index is 0.999. The average Bonchev–Trinajstić information content (AvgIpc) is 2.32. The maximum Gasteiger partial charge on any atom is 0.0408 e. The maximum atomic E-state index is 3.63. The van der Waals surface area contributed by atoms with Crippen LogP contribution in [0.1, 0.15) is 0 Å². The molecule has 6 heteroatoms. The van der Waals surface area contributed by atoms with E-state index in [9.17, 15) is 0 Å². The van der Waals surface area contributed by atoms with E-state index >= 15 is 0 Å². The minimum absolute atomic E-state index is 0.999. The van der Waals surface area contributed by atoms with Crippen molar-refractivity contribution in [2.45, 2.75) is 0 Å². The van der Waals surface area contributed by atoms with Crippen molar-refractivity contribution in [2.24, 2.45) is 0 Å². The van der Waals surface area contributed by atoms with Crippen LogP contribution in [0.15, 0.2) is 51.1 Å². The second-order valence-electron chi connectivity index (χ2n) is 3.44. The fourth-order valence-corrected chi connectivity index (χ4v) is 4.82. The van der Waals surface area contributed by atoms with Crippen LogP contribution in [0.3, 0.4) is 0 Å². The van der Waals surface area contributed by atoms with Crippen LogP contribution in [-0.4, -0.2) is 0 Å².